The lowest BCUT2D eigenvalue weighted by Gasteiger charge is -2.03. The summed E-state index contributed by atoms with van der Waals surface area (Å²) in [5.74, 6) is -0.176. The van der Waals surface area contributed by atoms with Crippen LogP contribution in [0.2, 0.25) is 0 Å². The van der Waals surface area contributed by atoms with Crippen molar-refractivity contribution in [2.75, 3.05) is 5.32 Å². The molecule has 5 heteroatoms. The van der Waals surface area contributed by atoms with Gasteiger partial charge < -0.3 is 10.4 Å². The van der Waals surface area contributed by atoms with Gasteiger partial charge in [0.2, 0.25) is 5.91 Å². The molecule has 2 aromatic carbocycles. The third-order valence-corrected chi connectivity index (χ3v) is 2.33. The lowest BCUT2D eigenvalue weighted by Crippen LogP contribution is -2.05. The summed E-state index contributed by atoms with van der Waals surface area (Å²) < 4.78 is 0. The SMILES string of the molecule is CC(=O)Nc1ccc(O)c(N=Nc2ccccc2)c1. The highest BCUT2D eigenvalue weighted by molar-refractivity contribution is 5.89. The number of nitrogens with one attached hydrogen (secondary N) is 1. The molecule has 0 fully saturated rings. The zero-order chi connectivity index (χ0) is 13.7. The Balaban J connectivity index is 2.24. The van der Waals surface area contributed by atoms with Crippen molar-refractivity contribution >= 4 is 23.0 Å². The van der Waals surface area contributed by atoms with Crippen LogP contribution in [0, 0.1) is 0 Å². The minimum absolute atomic E-state index is 0.00813. The van der Waals surface area contributed by atoms with E-state index in [-0.39, 0.29) is 11.7 Å². The maximum absolute atomic E-state index is 11.0. The van der Waals surface area contributed by atoms with E-state index in [0.717, 1.165) is 0 Å². The highest BCUT2D eigenvalue weighted by atomic mass is 16.3. The minimum Gasteiger partial charge on any atom is -0.506 e. The van der Waals surface area contributed by atoms with Gasteiger partial charge in [-0.25, -0.2) is 0 Å². The first-order chi connectivity index (χ1) is 9.15. The van der Waals surface area contributed by atoms with Crippen molar-refractivity contribution in [3.8, 4) is 5.75 Å². The molecular weight excluding hydrogens is 242 g/mol. The van der Waals surface area contributed by atoms with Crippen LogP contribution in [0.3, 0.4) is 0 Å². The fourth-order valence-corrected chi connectivity index (χ4v) is 1.49. The molecule has 0 aliphatic heterocycles. The van der Waals surface area contributed by atoms with Gasteiger partial charge in [0.15, 0.2) is 0 Å². The van der Waals surface area contributed by atoms with Gasteiger partial charge in [0.25, 0.3) is 0 Å². The monoisotopic (exact) mass is 255 g/mol. The lowest BCUT2D eigenvalue weighted by molar-refractivity contribution is -0.114. The highest BCUT2D eigenvalue weighted by Crippen LogP contribution is 2.30. The van der Waals surface area contributed by atoms with Gasteiger partial charge in [0, 0.05) is 12.6 Å². The summed E-state index contributed by atoms with van der Waals surface area (Å²) in [5.41, 5.74) is 1.55. The number of aromatic hydroxyl groups is 1. The number of carbonyl (C=O) groups excluding carboxylic acids is 1. The van der Waals surface area contributed by atoms with Crippen molar-refractivity contribution in [2.24, 2.45) is 10.2 Å². The van der Waals surface area contributed by atoms with Crippen LogP contribution in [0.4, 0.5) is 17.1 Å². The Morgan fingerprint density at radius 3 is 2.53 bits per heavy atom. The van der Waals surface area contributed by atoms with Gasteiger partial charge in [0.05, 0.1) is 5.69 Å². The van der Waals surface area contributed by atoms with Crippen molar-refractivity contribution in [2.45, 2.75) is 6.92 Å². The maximum Gasteiger partial charge on any atom is 0.221 e. The van der Waals surface area contributed by atoms with E-state index in [1.54, 1.807) is 24.3 Å². The Morgan fingerprint density at radius 1 is 1.11 bits per heavy atom. The van der Waals surface area contributed by atoms with Crippen molar-refractivity contribution in [3.63, 3.8) is 0 Å². The number of phenolic OH excluding ortho intramolecular Hbond substituents is 1. The van der Waals surface area contributed by atoms with Crippen molar-refractivity contribution < 1.29 is 9.90 Å². The number of nitrogens with zero attached hydrogens (tertiary/aromatic N) is 2. The van der Waals surface area contributed by atoms with Crippen molar-refractivity contribution in [1.29, 1.82) is 0 Å². The van der Waals surface area contributed by atoms with Gasteiger partial charge in [-0.15, -0.1) is 5.11 Å². The van der Waals surface area contributed by atoms with Crippen LogP contribution >= 0.6 is 0 Å². The minimum atomic E-state index is -0.184. The van der Waals surface area contributed by atoms with Crippen LogP contribution in [0.5, 0.6) is 5.75 Å². The molecule has 0 aliphatic carbocycles. The van der Waals surface area contributed by atoms with E-state index < -0.39 is 0 Å². The molecule has 2 rings (SSSR count). The molecule has 0 radical (unpaired) electrons. The molecule has 0 unspecified atom stereocenters. The number of hydrogen-bond acceptors (Lipinski definition) is 4. The second-order valence-electron chi connectivity index (χ2n) is 3.92. The number of azo groups is 1. The number of phenols is 1. The molecule has 2 aromatic rings. The molecule has 0 saturated carbocycles. The van der Waals surface area contributed by atoms with Gasteiger partial charge in [-0.2, -0.15) is 5.11 Å². The second kappa shape index (κ2) is 5.77. The Hall–Kier alpha value is -2.69. The molecule has 0 aromatic heterocycles. The summed E-state index contributed by atoms with van der Waals surface area (Å²) in [7, 11) is 0. The van der Waals surface area contributed by atoms with Gasteiger partial charge in [-0.05, 0) is 30.3 Å². The Kier molecular flexibility index (Phi) is 3.87. The van der Waals surface area contributed by atoms with Crippen LogP contribution in [-0.2, 0) is 4.79 Å². The molecule has 19 heavy (non-hydrogen) atoms. The Morgan fingerprint density at radius 2 is 1.84 bits per heavy atom. The van der Waals surface area contributed by atoms with Crippen molar-refractivity contribution in [3.05, 3.63) is 48.5 Å². The summed E-state index contributed by atoms with van der Waals surface area (Å²) in [4.78, 5) is 11.0. The molecule has 2 N–H and O–H groups in total. The van der Waals surface area contributed by atoms with E-state index in [9.17, 15) is 9.90 Å². The number of anilines is 1. The number of rotatable bonds is 3. The quantitative estimate of drug-likeness (QED) is 0.647. The topological polar surface area (TPSA) is 74.0 Å². The smallest absolute Gasteiger partial charge is 0.221 e. The van der Waals surface area contributed by atoms with Gasteiger partial charge in [0.1, 0.15) is 11.4 Å². The first-order valence-electron chi connectivity index (χ1n) is 5.72. The zero-order valence-corrected chi connectivity index (χ0v) is 10.4. The summed E-state index contributed by atoms with van der Waals surface area (Å²) in [6.07, 6.45) is 0. The highest BCUT2D eigenvalue weighted by Gasteiger charge is 2.03. The third-order valence-electron chi connectivity index (χ3n) is 2.33. The maximum atomic E-state index is 11.0. The van der Waals surface area contributed by atoms with E-state index in [2.05, 4.69) is 15.5 Å². The standard InChI is InChI=1S/C14H13N3O2/c1-10(18)15-12-7-8-14(19)13(9-12)17-16-11-5-3-2-4-6-11/h2-9,19H,1H3,(H,15,18). The number of amides is 1. The number of carbonyl (C=O) groups is 1. The Bertz CT molecular complexity index is 609. The summed E-state index contributed by atoms with van der Waals surface area (Å²) >= 11 is 0. The summed E-state index contributed by atoms with van der Waals surface area (Å²) in [6, 6.07) is 13.8. The molecular formula is C14H13N3O2. The molecule has 0 heterocycles. The largest absolute Gasteiger partial charge is 0.506 e. The predicted molar refractivity (Wildman–Crippen MR) is 73.0 cm³/mol. The van der Waals surface area contributed by atoms with Crippen LogP contribution in [0.25, 0.3) is 0 Å². The fourth-order valence-electron chi connectivity index (χ4n) is 1.49. The van der Waals surface area contributed by atoms with Crippen LogP contribution in [0.15, 0.2) is 58.8 Å². The average molecular weight is 255 g/mol. The second-order valence-corrected chi connectivity index (χ2v) is 3.92. The molecule has 96 valence electrons. The number of hydrogen-bond donors (Lipinski definition) is 2. The van der Waals surface area contributed by atoms with Gasteiger partial charge >= 0.3 is 0 Å². The Labute approximate surface area is 110 Å². The van der Waals surface area contributed by atoms with Crippen molar-refractivity contribution in [1.82, 2.24) is 0 Å². The van der Waals surface area contributed by atoms with Gasteiger partial charge in [-0.3, -0.25) is 4.79 Å². The molecule has 5 nitrogen and oxygen atoms in total. The summed E-state index contributed by atoms with van der Waals surface area (Å²) in [5, 5.41) is 20.3. The molecule has 0 bridgehead atoms. The van der Waals surface area contributed by atoms with Gasteiger partial charge in [-0.1, -0.05) is 18.2 Å². The normalized spacial score (nSPS) is 10.6. The molecule has 0 aliphatic rings. The molecule has 1 amide bonds. The van der Waals surface area contributed by atoms with E-state index >= 15 is 0 Å². The fraction of sp³-hybridized carbons (Fsp3) is 0.0714. The third kappa shape index (κ3) is 3.64. The average Bonchev–Trinajstić information content (AvgIpc) is 2.40. The first-order valence-corrected chi connectivity index (χ1v) is 5.72. The molecule has 0 spiro atoms. The first kappa shape index (κ1) is 12.8. The number of benzene rings is 2. The van der Waals surface area contributed by atoms with Crippen LogP contribution in [0.1, 0.15) is 6.92 Å². The van der Waals surface area contributed by atoms with E-state index in [0.29, 0.717) is 17.1 Å². The molecule has 0 saturated heterocycles. The lowest BCUT2D eigenvalue weighted by atomic mass is 10.2. The molecule has 0 atom stereocenters. The van der Waals surface area contributed by atoms with E-state index in [1.165, 1.54) is 13.0 Å². The predicted octanol–water partition coefficient (Wildman–Crippen LogP) is 3.77. The van der Waals surface area contributed by atoms with E-state index in [4.69, 9.17) is 0 Å². The van der Waals surface area contributed by atoms with Crippen LogP contribution in [-0.4, -0.2) is 11.0 Å². The zero-order valence-electron chi connectivity index (χ0n) is 10.4. The van der Waals surface area contributed by atoms with Crippen LogP contribution < -0.4 is 5.32 Å². The van der Waals surface area contributed by atoms with E-state index in [1.807, 2.05) is 18.2 Å². The summed E-state index contributed by atoms with van der Waals surface area (Å²) in [6.45, 7) is 1.41.